The van der Waals surface area contributed by atoms with Crippen LogP contribution in [0.25, 0.3) is 6.08 Å². The van der Waals surface area contributed by atoms with Crippen molar-refractivity contribution >= 4 is 29.5 Å². The molecule has 0 saturated carbocycles. The van der Waals surface area contributed by atoms with E-state index < -0.39 is 0 Å². The first-order valence-corrected chi connectivity index (χ1v) is 10.7. The predicted molar refractivity (Wildman–Crippen MR) is 122 cm³/mol. The second kappa shape index (κ2) is 11.5. The Morgan fingerprint density at radius 1 is 1.23 bits per heavy atom. The van der Waals surface area contributed by atoms with Gasteiger partial charge < -0.3 is 19.7 Å². The highest BCUT2D eigenvalue weighted by Gasteiger charge is 2.18. The maximum absolute atomic E-state index is 12.2. The number of methoxy groups -OCH3 is 1. The van der Waals surface area contributed by atoms with Crippen molar-refractivity contribution in [2.75, 3.05) is 57.9 Å². The molecular formula is C22H28ClN5O3. The standard InChI is InChI=1S/C22H28ClN5O3/c1-3-31-19-16-17(15-18(23)21(19)30-2)5-6-20(29)24-9-10-27-11-13-28(14-12-27)22-25-7-4-8-26-22/h4-8,15-16H,3,9-14H2,1-2H3,(H,24,29). The van der Waals surface area contributed by atoms with E-state index in [1.165, 1.54) is 6.08 Å². The minimum atomic E-state index is -0.152. The smallest absolute Gasteiger partial charge is 0.244 e. The van der Waals surface area contributed by atoms with E-state index >= 15 is 0 Å². The van der Waals surface area contributed by atoms with Crippen LogP contribution in [0.1, 0.15) is 12.5 Å². The van der Waals surface area contributed by atoms with Crippen molar-refractivity contribution in [3.8, 4) is 11.5 Å². The molecule has 0 unspecified atom stereocenters. The minimum absolute atomic E-state index is 0.152. The molecule has 9 heteroatoms. The van der Waals surface area contributed by atoms with Crippen LogP contribution >= 0.6 is 11.6 Å². The molecule has 2 heterocycles. The third-order valence-electron chi connectivity index (χ3n) is 4.90. The van der Waals surface area contributed by atoms with E-state index in [2.05, 4.69) is 25.1 Å². The molecule has 0 spiro atoms. The summed E-state index contributed by atoms with van der Waals surface area (Å²) >= 11 is 6.25. The van der Waals surface area contributed by atoms with Crippen molar-refractivity contribution in [3.63, 3.8) is 0 Å². The minimum Gasteiger partial charge on any atom is -0.491 e. The van der Waals surface area contributed by atoms with Crippen LogP contribution in [0.5, 0.6) is 11.5 Å². The average Bonchev–Trinajstić information content (AvgIpc) is 2.79. The summed E-state index contributed by atoms with van der Waals surface area (Å²) in [6.07, 6.45) is 6.73. The number of piperazine rings is 1. The molecule has 3 rings (SSSR count). The lowest BCUT2D eigenvalue weighted by Crippen LogP contribution is -2.48. The number of nitrogens with one attached hydrogen (secondary N) is 1. The molecule has 1 aliphatic rings. The van der Waals surface area contributed by atoms with E-state index in [0.29, 0.717) is 29.7 Å². The highest BCUT2D eigenvalue weighted by Crippen LogP contribution is 2.36. The van der Waals surface area contributed by atoms with Gasteiger partial charge in [0.25, 0.3) is 0 Å². The highest BCUT2D eigenvalue weighted by molar-refractivity contribution is 6.32. The number of carbonyl (C=O) groups excluding carboxylic acids is 1. The first kappa shape index (κ1) is 22.8. The predicted octanol–water partition coefficient (Wildman–Crippen LogP) is 2.49. The van der Waals surface area contributed by atoms with Crippen molar-refractivity contribution in [2.45, 2.75) is 6.92 Å². The molecule has 31 heavy (non-hydrogen) atoms. The molecule has 1 N–H and O–H groups in total. The summed E-state index contributed by atoms with van der Waals surface area (Å²) in [7, 11) is 1.54. The van der Waals surface area contributed by atoms with Gasteiger partial charge in [-0.15, -0.1) is 0 Å². The summed E-state index contributed by atoms with van der Waals surface area (Å²) in [6.45, 7) is 7.33. The Balaban J connectivity index is 1.43. The fourth-order valence-electron chi connectivity index (χ4n) is 3.34. The molecule has 2 aromatic rings. The van der Waals surface area contributed by atoms with Gasteiger partial charge in [0.05, 0.1) is 18.7 Å². The number of hydrogen-bond donors (Lipinski definition) is 1. The van der Waals surface area contributed by atoms with Gasteiger partial charge in [0.15, 0.2) is 11.5 Å². The molecule has 1 fully saturated rings. The number of halogens is 1. The molecule has 0 atom stereocenters. The second-order valence-electron chi connectivity index (χ2n) is 6.97. The third kappa shape index (κ3) is 6.57. The van der Waals surface area contributed by atoms with Crippen molar-refractivity contribution in [2.24, 2.45) is 0 Å². The van der Waals surface area contributed by atoms with Gasteiger partial charge in [0.1, 0.15) is 0 Å². The van der Waals surface area contributed by atoms with Gasteiger partial charge in [-0.3, -0.25) is 9.69 Å². The maximum atomic E-state index is 12.2. The molecule has 1 aliphatic heterocycles. The molecule has 0 aliphatic carbocycles. The van der Waals surface area contributed by atoms with Crippen LogP contribution < -0.4 is 19.7 Å². The normalized spacial score (nSPS) is 14.6. The van der Waals surface area contributed by atoms with Gasteiger partial charge in [-0.25, -0.2) is 9.97 Å². The number of ether oxygens (including phenoxy) is 2. The van der Waals surface area contributed by atoms with Gasteiger partial charge >= 0.3 is 0 Å². The van der Waals surface area contributed by atoms with Crippen LogP contribution in [0.4, 0.5) is 5.95 Å². The fraction of sp³-hybridized carbons (Fsp3) is 0.409. The molecule has 1 saturated heterocycles. The number of hydrogen-bond acceptors (Lipinski definition) is 7. The Labute approximate surface area is 187 Å². The van der Waals surface area contributed by atoms with Crippen LogP contribution in [0, 0.1) is 0 Å². The summed E-state index contributed by atoms with van der Waals surface area (Å²) in [5.74, 6) is 1.66. The number of amides is 1. The zero-order chi connectivity index (χ0) is 22.1. The van der Waals surface area contributed by atoms with Crippen molar-refractivity contribution in [1.29, 1.82) is 0 Å². The summed E-state index contributed by atoms with van der Waals surface area (Å²) in [5, 5.41) is 3.36. The summed E-state index contributed by atoms with van der Waals surface area (Å²) in [4.78, 5) is 25.3. The topological polar surface area (TPSA) is 79.8 Å². The quantitative estimate of drug-likeness (QED) is 0.594. The van der Waals surface area contributed by atoms with E-state index in [9.17, 15) is 4.79 Å². The monoisotopic (exact) mass is 445 g/mol. The van der Waals surface area contributed by atoms with Gasteiger partial charge in [-0.05, 0) is 36.8 Å². The van der Waals surface area contributed by atoms with Gasteiger partial charge in [-0.1, -0.05) is 11.6 Å². The van der Waals surface area contributed by atoms with Crippen molar-refractivity contribution in [1.82, 2.24) is 20.2 Å². The van der Waals surface area contributed by atoms with Gasteiger partial charge in [0, 0.05) is 57.7 Å². The Hall–Kier alpha value is -2.84. The van der Waals surface area contributed by atoms with Crippen LogP contribution in [0.15, 0.2) is 36.7 Å². The summed E-state index contributed by atoms with van der Waals surface area (Å²) in [6, 6.07) is 5.36. The van der Waals surface area contributed by atoms with Crippen LogP contribution in [0.3, 0.4) is 0 Å². The molecule has 1 aromatic carbocycles. The van der Waals surface area contributed by atoms with Crippen LogP contribution in [-0.2, 0) is 4.79 Å². The van der Waals surface area contributed by atoms with E-state index in [1.807, 2.05) is 13.0 Å². The Bertz CT molecular complexity index is 886. The lowest BCUT2D eigenvalue weighted by atomic mass is 10.2. The molecule has 1 aromatic heterocycles. The molecular weight excluding hydrogens is 418 g/mol. The molecule has 1 amide bonds. The van der Waals surface area contributed by atoms with Gasteiger partial charge in [0.2, 0.25) is 11.9 Å². The van der Waals surface area contributed by atoms with E-state index in [-0.39, 0.29) is 5.91 Å². The zero-order valence-electron chi connectivity index (χ0n) is 17.9. The maximum Gasteiger partial charge on any atom is 0.244 e. The van der Waals surface area contributed by atoms with Crippen LogP contribution in [0.2, 0.25) is 5.02 Å². The SMILES string of the molecule is CCOc1cc(C=CC(=O)NCCN2CCN(c3ncccn3)CC2)cc(Cl)c1OC. The van der Waals surface area contributed by atoms with E-state index in [4.69, 9.17) is 21.1 Å². The number of nitrogens with zero attached hydrogens (tertiary/aromatic N) is 4. The lowest BCUT2D eigenvalue weighted by Gasteiger charge is -2.34. The lowest BCUT2D eigenvalue weighted by molar-refractivity contribution is -0.116. The molecule has 0 bridgehead atoms. The largest absolute Gasteiger partial charge is 0.491 e. The molecule has 8 nitrogen and oxygen atoms in total. The zero-order valence-corrected chi connectivity index (χ0v) is 18.6. The Morgan fingerprint density at radius 2 is 1.97 bits per heavy atom. The van der Waals surface area contributed by atoms with Gasteiger partial charge in [-0.2, -0.15) is 0 Å². The van der Waals surface area contributed by atoms with Crippen molar-refractivity contribution in [3.05, 3.63) is 47.3 Å². The third-order valence-corrected chi connectivity index (χ3v) is 5.18. The number of anilines is 1. The summed E-state index contributed by atoms with van der Waals surface area (Å²) < 4.78 is 10.8. The number of aromatic nitrogens is 2. The average molecular weight is 446 g/mol. The molecule has 166 valence electrons. The number of benzene rings is 1. The highest BCUT2D eigenvalue weighted by atomic mass is 35.5. The fourth-order valence-corrected chi connectivity index (χ4v) is 3.64. The second-order valence-corrected chi connectivity index (χ2v) is 7.38. The first-order chi connectivity index (χ1) is 15.1. The number of rotatable bonds is 9. The Kier molecular flexibility index (Phi) is 8.49. The first-order valence-electron chi connectivity index (χ1n) is 10.3. The van der Waals surface area contributed by atoms with E-state index in [1.54, 1.807) is 37.7 Å². The van der Waals surface area contributed by atoms with Crippen molar-refractivity contribution < 1.29 is 14.3 Å². The molecule has 0 radical (unpaired) electrons. The summed E-state index contributed by atoms with van der Waals surface area (Å²) in [5.41, 5.74) is 0.767. The number of carbonyl (C=O) groups is 1. The van der Waals surface area contributed by atoms with Crippen LogP contribution in [-0.4, -0.2) is 73.8 Å². The Morgan fingerprint density at radius 3 is 2.65 bits per heavy atom. The van der Waals surface area contributed by atoms with E-state index in [0.717, 1.165) is 44.2 Å².